The second-order valence-electron chi connectivity index (χ2n) is 5.06. The number of hydrogen-bond acceptors (Lipinski definition) is 5. The third kappa shape index (κ3) is 3.12. The highest BCUT2D eigenvalue weighted by Crippen LogP contribution is 2.32. The number of carbonyl (C=O) groups excluding carboxylic acids is 1. The third-order valence-corrected chi connectivity index (χ3v) is 4.87. The summed E-state index contributed by atoms with van der Waals surface area (Å²) in [4.78, 5) is 31.5. The van der Waals surface area contributed by atoms with Crippen LogP contribution in [0, 0.1) is 0 Å². The molecular weight excluding hydrogens is 290 g/mol. The van der Waals surface area contributed by atoms with Gasteiger partial charge in [0, 0.05) is 31.6 Å². The van der Waals surface area contributed by atoms with E-state index in [0.29, 0.717) is 17.1 Å². The Kier molecular flexibility index (Phi) is 4.72. The lowest BCUT2D eigenvalue weighted by Gasteiger charge is -2.27. The van der Waals surface area contributed by atoms with Gasteiger partial charge in [-0.15, -0.1) is 11.8 Å². The molecule has 2 atom stereocenters. The van der Waals surface area contributed by atoms with E-state index in [1.165, 1.54) is 16.7 Å². The molecule has 0 spiro atoms. The van der Waals surface area contributed by atoms with Crippen LogP contribution in [-0.4, -0.2) is 58.1 Å². The molecule has 0 bridgehead atoms. The van der Waals surface area contributed by atoms with Gasteiger partial charge in [-0.1, -0.05) is 6.92 Å². The lowest BCUT2D eigenvalue weighted by atomic mass is 10.1. The van der Waals surface area contributed by atoms with Crippen molar-refractivity contribution in [3.63, 3.8) is 0 Å². The van der Waals surface area contributed by atoms with Crippen molar-refractivity contribution in [1.82, 2.24) is 9.88 Å². The number of carboxylic acid groups (broad SMARTS) is 1. The lowest BCUT2D eigenvalue weighted by Crippen LogP contribution is -2.45. The molecule has 1 saturated heterocycles. The molecule has 0 aromatic carbocycles. The number of hydrogen-bond donors (Lipinski definition) is 1. The summed E-state index contributed by atoms with van der Waals surface area (Å²) in [6.07, 6.45) is 2.30. The molecular formula is C14H19N3O3S. The van der Waals surface area contributed by atoms with Crippen LogP contribution in [0.1, 0.15) is 23.7 Å². The quantitative estimate of drug-likeness (QED) is 0.909. The van der Waals surface area contributed by atoms with Crippen molar-refractivity contribution in [2.45, 2.75) is 24.8 Å². The van der Waals surface area contributed by atoms with Gasteiger partial charge in [0.25, 0.3) is 5.91 Å². The van der Waals surface area contributed by atoms with Gasteiger partial charge < -0.3 is 14.9 Å². The van der Waals surface area contributed by atoms with E-state index in [0.717, 1.165) is 6.42 Å². The van der Waals surface area contributed by atoms with E-state index in [1.54, 1.807) is 18.3 Å². The smallest absolute Gasteiger partial charge is 0.327 e. The first-order valence-corrected chi connectivity index (χ1v) is 7.81. The second kappa shape index (κ2) is 6.34. The number of pyridine rings is 1. The number of rotatable bonds is 4. The van der Waals surface area contributed by atoms with Gasteiger partial charge in [-0.2, -0.15) is 0 Å². The van der Waals surface area contributed by atoms with Crippen molar-refractivity contribution in [1.29, 1.82) is 0 Å². The van der Waals surface area contributed by atoms with Crippen LogP contribution in [0.5, 0.6) is 0 Å². The van der Waals surface area contributed by atoms with Crippen molar-refractivity contribution in [2.24, 2.45) is 0 Å². The highest BCUT2D eigenvalue weighted by molar-refractivity contribution is 8.00. The van der Waals surface area contributed by atoms with Gasteiger partial charge in [-0.25, -0.2) is 9.78 Å². The van der Waals surface area contributed by atoms with Gasteiger partial charge in [-0.3, -0.25) is 4.79 Å². The summed E-state index contributed by atoms with van der Waals surface area (Å²) in [6.45, 7) is 1.96. The molecule has 6 nitrogen and oxygen atoms in total. The van der Waals surface area contributed by atoms with Gasteiger partial charge >= 0.3 is 5.97 Å². The molecule has 1 aliphatic rings. The number of anilines is 1. The van der Waals surface area contributed by atoms with E-state index in [1.807, 2.05) is 25.9 Å². The van der Waals surface area contributed by atoms with Crippen LogP contribution >= 0.6 is 11.8 Å². The van der Waals surface area contributed by atoms with Crippen molar-refractivity contribution < 1.29 is 14.7 Å². The highest BCUT2D eigenvalue weighted by atomic mass is 32.2. The van der Waals surface area contributed by atoms with E-state index in [-0.39, 0.29) is 11.3 Å². The SMILES string of the molecule is CCC1SCC(C(=O)O)N1C(=O)c1ccnc(N(C)C)c1. The molecule has 1 aromatic rings. The van der Waals surface area contributed by atoms with Gasteiger partial charge in [0.15, 0.2) is 0 Å². The monoisotopic (exact) mass is 309 g/mol. The Labute approximate surface area is 128 Å². The standard InChI is InChI=1S/C14H19N3O3S/c1-4-12-17(10(8-21-12)14(19)20)13(18)9-5-6-15-11(7-9)16(2)3/h5-7,10,12H,4,8H2,1-3H3,(H,19,20). The van der Waals surface area contributed by atoms with Crippen molar-refractivity contribution in [3.05, 3.63) is 23.9 Å². The summed E-state index contributed by atoms with van der Waals surface area (Å²) in [5, 5.41) is 9.22. The van der Waals surface area contributed by atoms with E-state index < -0.39 is 12.0 Å². The maximum absolute atomic E-state index is 12.7. The Morgan fingerprint density at radius 1 is 1.52 bits per heavy atom. The molecule has 0 radical (unpaired) electrons. The zero-order valence-electron chi connectivity index (χ0n) is 12.3. The van der Waals surface area contributed by atoms with Crippen molar-refractivity contribution >= 4 is 29.5 Å². The Morgan fingerprint density at radius 2 is 2.24 bits per heavy atom. The third-order valence-electron chi connectivity index (χ3n) is 3.41. The van der Waals surface area contributed by atoms with Crippen molar-refractivity contribution in [3.8, 4) is 0 Å². The summed E-state index contributed by atoms with van der Waals surface area (Å²) in [7, 11) is 3.69. The molecule has 1 fully saturated rings. The average Bonchev–Trinajstić information content (AvgIpc) is 2.90. The Morgan fingerprint density at radius 3 is 2.81 bits per heavy atom. The summed E-state index contributed by atoms with van der Waals surface area (Å²) < 4.78 is 0. The first kappa shape index (κ1) is 15.6. The topological polar surface area (TPSA) is 73.7 Å². The second-order valence-corrected chi connectivity index (χ2v) is 6.27. The summed E-state index contributed by atoms with van der Waals surface area (Å²) >= 11 is 1.52. The van der Waals surface area contributed by atoms with Crippen LogP contribution in [-0.2, 0) is 4.79 Å². The van der Waals surface area contributed by atoms with E-state index in [2.05, 4.69) is 4.98 Å². The number of carbonyl (C=O) groups is 2. The Hall–Kier alpha value is -1.76. The number of aliphatic carboxylic acids is 1. The molecule has 21 heavy (non-hydrogen) atoms. The highest BCUT2D eigenvalue weighted by Gasteiger charge is 2.41. The minimum atomic E-state index is -0.950. The predicted octanol–water partition coefficient (Wildman–Crippen LogP) is 1.53. The lowest BCUT2D eigenvalue weighted by molar-refractivity contribution is -0.141. The molecule has 1 N–H and O–H groups in total. The van der Waals surface area contributed by atoms with Gasteiger partial charge in [-0.05, 0) is 18.6 Å². The summed E-state index contributed by atoms with van der Waals surface area (Å²) in [5.74, 6) is -0.0864. The number of amides is 1. The molecule has 2 rings (SSSR count). The molecule has 1 amide bonds. The van der Waals surface area contributed by atoms with E-state index >= 15 is 0 Å². The Balaban J connectivity index is 2.32. The molecule has 114 valence electrons. The van der Waals surface area contributed by atoms with Crippen LogP contribution in [0.4, 0.5) is 5.82 Å². The molecule has 1 aromatic heterocycles. The molecule has 1 aliphatic heterocycles. The normalized spacial score (nSPS) is 21.4. The van der Waals surface area contributed by atoms with E-state index in [9.17, 15) is 14.7 Å². The molecule has 0 aliphatic carbocycles. The minimum Gasteiger partial charge on any atom is -0.480 e. The maximum atomic E-state index is 12.7. The fraction of sp³-hybridized carbons (Fsp3) is 0.500. The molecule has 2 unspecified atom stereocenters. The molecule has 0 saturated carbocycles. The number of thioether (sulfide) groups is 1. The predicted molar refractivity (Wildman–Crippen MR) is 82.7 cm³/mol. The van der Waals surface area contributed by atoms with Gasteiger partial charge in [0.1, 0.15) is 11.9 Å². The average molecular weight is 309 g/mol. The Bertz CT molecular complexity index is 550. The van der Waals surface area contributed by atoms with Gasteiger partial charge in [0.2, 0.25) is 0 Å². The van der Waals surface area contributed by atoms with Gasteiger partial charge in [0.05, 0.1) is 5.37 Å². The fourth-order valence-corrected chi connectivity index (χ4v) is 3.63. The largest absolute Gasteiger partial charge is 0.480 e. The first-order chi connectivity index (χ1) is 9.95. The molecule has 7 heteroatoms. The zero-order chi connectivity index (χ0) is 15.6. The van der Waals surface area contributed by atoms with E-state index in [4.69, 9.17) is 0 Å². The molecule has 2 heterocycles. The van der Waals surface area contributed by atoms with Crippen LogP contribution in [0.3, 0.4) is 0 Å². The fourth-order valence-electron chi connectivity index (χ4n) is 2.29. The number of carboxylic acids is 1. The van der Waals surface area contributed by atoms with Crippen LogP contribution < -0.4 is 4.90 Å². The number of aromatic nitrogens is 1. The zero-order valence-corrected chi connectivity index (χ0v) is 13.1. The maximum Gasteiger partial charge on any atom is 0.327 e. The minimum absolute atomic E-state index is 0.0884. The van der Waals surface area contributed by atoms with Crippen LogP contribution in [0.2, 0.25) is 0 Å². The first-order valence-electron chi connectivity index (χ1n) is 6.76. The summed E-state index contributed by atoms with van der Waals surface area (Å²) in [5.41, 5.74) is 0.473. The van der Waals surface area contributed by atoms with Crippen LogP contribution in [0.15, 0.2) is 18.3 Å². The number of nitrogens with zero attached hydrogens (tertiary/aromatic N) is 3. The summed E-state index contributed by atoms with van der Waals surface area (Å²) in [6, 6.07) is 2.56. The van der Waals surface area contributed by atoms with Crippen molar-refractivity contribution in [2.75, 3.05) is 24.7 Å². The van der Waals surface area contributed by atoms with Crippen LogP contribution in [0.25, 0.3) is 0 Å².